The van der Waals surface area contributed by atoms with Crippen molar-refractivity contribution in [1.29, 1.82) is 0 Å². The Morgan fingerprint density at radius 2 is 1.02 bits per heavy atom. The van der Waals surface area contributed by atoms with E-state index >= 15 is 0 Å². The number of ether oxygens (including phenoxy) is 3. The van der Waals surface area contributed by atoms with Crippen LogP contribution in [0.4, 0.5) is 0 Å². The van der Waals surface area contributed by atoms with Gasteiger partial charge in [-0.3, -0.25) is 9.59 Å². The van der Waals surface area contributed by atoms with Gasteiger partial charge in [-0.15, -0.1) is 0 Å². The highest BCUT2D eigenvalue weighted by Crippen LogP contribution is 2.39. The van der Waals surface area contributed by atoms with E-state index in [9.17, 15) is 14.4 Å². The molecule has 42 heavy (non-hydrogen) atoms. The highest BCUT2D eigenvalue weighted by Gasteiger charge is 2.36. The molecule has 0 amide bonds. The van der Waals surface area contributed by atoms with Gasteiger partial charge >= 0.3 is 5.97 Å². The molecule has 0 saturated carbocycles. The first-order chi connectivity index (χ1) is 20.6. The molecule has 0 spiro atoms. The maximum atomic E-state index is 14.1. The lowest BCUT2D eigenvalue weighted by molar-refractivity contribution is 0.0472. The van der Waals surface area contributed by atoms with Gasteiger partial charge in [0.1, 0.15) is 31.3 Å². The maximum absolute atomic E-state index is 14.1. The van der Waals surface area contributed by atoms with Gasteiger partial charge in [-0.2, -0.15) is 0 Å². The van der Waals surface area contributed by atoms with E-state index in [2.05, 4.69) is 0 Å². The van der Waals surface area contributed by atoms with Gasteiger partial charge in [0.2, 0.25) is 5.78 Å². The van der Waals surface area contributed by atoms with Crippen molar-refractivity contribution in [2.45, 2.75) is 19.8 Å². The van der Waals surface area contributed by atoms with Crippen LogP contribution in [0.1, 0.15) is 58.9 Å². The predicted octanol–water partition coefficient (Wildman–Crippen LogP) is 6.98. The summed E-state index contributed by atoms with van der Waals surface area (Å²) < 4.78 is 17.7. The van der Waals surface area contributed by atoms with Gasteiger partial charge < -0.3 is 14.2 Å². The van der Waals surface area contributed by atoms with Crippen molar-refractivity contribution in [2.75, 3.05) is 0 Å². The first kappa shape index (κ1) is 26.7. The number of ketones is 2. The summed E-state index contributed by atoms with van der Waals surface area (Å²) in [7, 11) is 0. The molecule has 0 atom stereocenters. The number of rotatable bonds is 9. The minimum Gasteiger partial charge on any atom is -0.488 e. The topological polar surface area (TPSA) is 78.9 Å². The number of fused-ring (bicyclic) bond motifs is 2. The normalized spacial score (nSPS) is 11.8. The summed E-state index contributed by atoms with van der Waals surface area (Å²) >= 11 is 0. The lowest BCUT2D eigenvalue weighted by Gasteiger charge is -2.23. The molecular weight excluding hydrogens is 528 g/mol. The van der Waals surface area contributed by atoms with E-state index in [1.54, 1.807) is 18.2 Å². The van der Waals surface area contributed by atoms with Gasteiger partial charge in [-0.1, -0.05) is 103 Å². The van der Waals surface area contributed by atoms with Gasteiger partial charge in [0.15, 0.2) is 5.78 Å². The average molecular weight is 555 g/mol. The monoisotopic (exact) mass is 554 g/mol. The number of esters is 1. The van der Waals surface area contributed by atoms with E-state index in [4.69, 9.17) is 14.2 Å². The van der Waals surface area contributed by atoms with Crippen LogP contribution in [0.15, 0.2) is 121 Å². The Kier molecular flexibility index (Phi) is 7.60. The van der Waals surface area contributed by atoms with Crippen molar-refractivity contribution in [3.8, 4) is 11.5 Å². The first-order valence-corrected chi connectivity index (χ1v) is 13.5. The lowest BCUT2D eigenvalue weighted by Crippen LogP contribution is -2.24. The zero-order valence-corrected chi connectivity index (χ0v) is 22.6. The van der Waals surface area contributed by atoms with Crippen molar-refractivity contribution in [3.05, 3.63) is 166 Å². The fourth-order valence-corrected chi connectivity index (χ4v) is 4.88. The van der Waals surface area contributed by atoms with E-state index in [1.807, 2.05) is 91.0 Å². The smallest absolute Gasteiger partial charge is 0.338 e. The number of carbonyl (C=O) groups excluding carboxylic acids is 3. The molecule has 206 valence electrons. The predicted molar refractivity (Wildman–Crippen MR) is 157 cm³/mol. The third-order valence-electron chi connectivity index (χ3n) is 6.99. The SMILES string of the molecule is O=C(OCc1ccccc1)c1cc(OCc2ccccc2)c2c(c1)C(=O)c1cccc(OCc3ccccc3)c1C2=O. The van der Waals surface area contributed by atoms with Crippen molar-refractivity contribution >= 4 is 17.5 Å². The summed E-state index contributed by atoms with van der Waals surface area (Å²) in [6.07, 6.45) is 0. The summed E-state index contributed by atoms with van der Waals surface area (Å²) in [5, 5.41) is 0. The Hall–Kier alpha value is -5.49. The number of benzene rings is 5. The molecule has 0 radical (unpaired) electrons. The fraction of sp³-hybridized carbons (Fsp3) is 0.0833. The molecule has 6 nitrogen and oxygen atoms in total. The minimum absolute atomic E-state index is 0.0643. The molecule has 6 rings (SSSR count). The number of hydrogen-bond donors (Lipinski definition) is 0. The summed E-state index contributed by atoms with van der Waals surface area (Å²) in [4.78, 5) is 41.1. The zero-order valence-electron chi connectivity index (χ0n) is 22.6. The minimum atomic E-state index is -0.628. The molecule has 6 heteroatoms. The Morgan fingerprint density at radius 3 is 1.62 bits per heavy atom. The lowest BCUT2D eigenvalue weighted by atomic mass is 9.82. The van der Waals surface area contributed by atoms with Crippen LogP contribution in [0.2, 0.25) is 0 Å². The van der Waals surface area contributed by atoms with Gasteiger partial charge in [0, 0.05) is 11.1 Å². The third-order valence-corrected chi connectivity index (χ3v) is 6.99. The van der Waals surface area contributed by atoms with Crippen LogP contribution in [0.3, 0.4) is 0 Å². The summed E-state index contributed by atoms with van der Waals surface area (Å²) in [6.45, 7) is 0.431. The molecule has 0 aliphatic heterocycles. The Labute approximate surface area is 243 Å². The Bertz CT molecular complexity index is 1760. The van der Waals surface area contributed by atoms with Gasteiger partial charge in [0.05, 0.1) is 16.7 Å². The molecule has 0 heterocycles. The molecule has 0 fully saturated rings. The van der Waals surface area contributed by atoms with Crippen LogP contribution in [-0.4, -0.2) is 17.5 Å². The molecule has 1 aliphatic rings. The van der Waals surface area contributed by atoms with Crippen molar-refractivity contribution in [1.82, 2.24) is 0 Å². The standard InChI is InChI=1S/C36H26O6/c37-34-28-17-10-18-30(40-21-24-11-4-1-5-12-24)32(28)35(38)33-29(34)19-27(36(39)42-23-26-15-8-3-9-16-26)20-31(33)41-22-25-13-6-2-7-14-25/h1-20H,21-23H2. The Morgan fingerprint density at radius 1 is 0.500 bits per heavy atom. The van der Waals surface area contributed by atoms with Gasteiger partial charge in [0.25, 0.3) is 0 Å². The summed E-state index contributed by atoms with van der Waals surface area (Å²) in [5.41, 5.74) is 3.31. The second kappa shape index (κ2) is 11.9. The van der Waals surface area contributed by atoms with E-state index in [0.29, 0.717) is 5.75 Å². The second-order valence-electron chi connectivity index (χ2n) is 9.84. The summed E-state index contributed by atoms with van der Waals surface area (Å²) in [5.74, 6) is -0.995. The maximum Gasteiger partial charge on any atom is 0.338 e. The third kappa shape index (κ3) is 5.56. The molecule has 0 aromatic heterocycles. The van der Waals surface area contributed by atoms with Crippen LogP contribution >= 0.6 is 0 Å². The highest BCUT2D eigenvalue weighted by atomic mass is 16.5. The van der Waals surface area contributed by atoms with Crippen LogP contribution in [0.25, 0.3) is 0 Å². The zero-order chi connectivity index (χ0) is 28.9. The molecule has 5 aromatic rings. The van der Waals surface area contributed by atoms with Crippen LogP contribution in [0, 0.1) is 0 Å². The van der Waals surface area contributed by atoms with Crippen molar-refractivity contribution in [2.24, 2.45) is 0 Å². The van der Waals surface area contributed by atoms with E-state index in [1.165, 1.54) is 12.1 Å². The van der Waals surface area contributed by atoms with E-state index in [-0.39, 0.29) is 53.4 Å². The van der Waals surface area contributed by atoms with Crippen LogP contribution in [0.5, 0.6) is 11.5 Å². The fourth-order valence-electron chi connectivity index (χ4n) is 4.88. The van der Waals surface area contributed by atoms with E-state index < -0.39 is 17.5 Å². The molecule has 0 saturated heterocycles. The average Bonchev–Trinajstić information content (AvgIpc) is 3.05. The second-order valence-corrected chi connectivity index (χ2v) is 9.84. The molecular formula is C36H26O6. The van der Waals surface area contributed by atoms with Crippen LogP contribution < -0.4 is 9.47 Å². The van der Waals surface area contributed by atoms with Crippen molar-refractivity contribution in [3.63, 3.8) is 0 Å². The highest BCUT2D eigenvalue weighted by molar-refractivity contribution is 6.30. The number of carbonyl (C=O) groups is 3. The largest absolute Gasteiger partial charge is 0.488 e. The molecule has 0 N–H and O–H groups in total. The van der Waals surface area contributed by atoms with Gasteiger partial charge in [-0.05, 0) is 34.9 Å². The van der Waals surface area contributed by atoms with E-state index in [0.717, 1.165) is 16.7 Å². The Balaban J connectivity index is 1.36. The molecule has 0 unspecified atom stereocenters. The molecule has 5 aromatic carbocycles. The van der Waals surface area contributed by atoms with Gasteiger partial charge in [-0.25, -0.2) is 4.79 Å². The van der Waals surface area contributed by atoms with Crippen LogP contribution in [-0.2, 0) is 24.6 Å². The quantitative estimate of drug-likeness (QED) is 0.180. The summed E-state index contributed by atoms with van der Waals surface area (Å²) in [6, 6.07) is 36.1. The molecule has 0 bridgehead atoms. The van der Waals surface area contributed by atoms with Crippen molar-refractivity contribution < 1.29 is 28.6 Å². The number of hydrogen-bond acceptors (Lipinski definition) is 6. The first-order valence-electron chi connectivity index (χ1n) is 13.5. The molecule has 1 aliphatic carbocycles.